The van der Waals surface area contributed by atoms with Gasteiger partial charge in [0.1, 0.15) is 112 Å². The molecule has 0 bridgehead atoms. The van der Waals surface area contributed by atoms with Crippen LogP contribution in [0.5, 0.6) is 34.5 Å². The van der Waals surface area contributed by atoms with Gasteiger partial charge in [-0.25, -0.2) is 62.8 Å². The molecule has 0 radical (unpaired) electrons. The van der Waals surface area contributed by atoms with Crippen molar-refractivity contribution in [3.8, 4) is 57.0 Å². The van der Waals surface area contributed by atoms with Crippen molar-refractivity contribution in [3.63, 3.8) is 0 Å². The highest BCUT2D eigenvalue weighted by Gasteiger charge is 2.31. The molecule has 0 spiro atoms. The molecule has 4 aromatic carbocycles. The van der Waals surface area contributed by atoms with Gasteiger partial charge in [0, 0.05) is 103 Å². The Morgan fingerprint density at radius 2 is 1.06 bits per heavy atom. The number of anilines is 2. The molecule has 0 saturated carbocycles. The van der Waals surface area contributed by atoms with Crippen LogP contribution in [-0.4, -0.2) is 102 Å². The van der Waals surface area contributed by atoms with Crippen molar-refractivity contribution < 1.29 is 37.3 Å². The number of fused-ring (bicyclic) bond motifs is 2. The lowest BCUT2D eigenvalue weighted by Crippen LogP contribution is -2.43. The van der Waals surface area contributed by atoms with E-state index in [4.69, 9.17) is 45.3 Å². The predicted molar refractivity (Wildman–Crippen MR) is 320 cm³/mol. The average molecular weight is 1190 g/mol. The number of carbonyl (C=O) groups is 1. The molecule has 2 aliphatic rings. The van der Waals surface area contributed by atoms with Gasteiger partial charge in [0.25, 0.3) is 0 Å². The van der Waals surface area contributed by atoms with Crippen LogP contribution in [0.4, 0.5) is 25.2 Å². The van der Waals surface area contributed by atoms with Crippen LogP contribution in [0.15, 0.2) is 122 Å². The minimum atomic E-state index is -0.588. The zero-order valence-corrected chi connectivity index (χ0v) is 48.7. The first-order chi connectivity index (χ1) is 41.0. The molecule has 2 aliphatic heterocycles. The second-order valence-electron chi connectivity index (χ2n) is 21.6. The first kappa shape index (κ1) is 59.5. The summed E-state index contributed by atoms with van der Waals surface area (Å²) in [4.78, 5) is 48.5. The van der Waals surface area contributed by atoms with Gasteiger partial charge in [0.15, 0.2) is 11.3 Å². The zero-order valence-electron chi connectivity index (χ0n) is 47.9. The fourth-order valence-corrected chi connectivity index (χ4v) is 9.91. The molecule has 0 aliphatic carbocycles. The molecule has 0 unspecified atom stereocenters. The summed E-state index contributed by atoms with van der Waals surface area (Å²) in [5, 5.41) is 14.6. The number of halogens is 3. The fraction of sp³-hybridized carbons (Fsp3) is 0.295. The van der Waals surface area contributed by atoms with Gasteiger partial charge < -0.3 is 45.4 Å². The molecule has 1 amide bonds. The van der Waals surface area contributed by atoms with E-state index >= 15 is 0 Å². The number of benzene rings is 4. The molecule has 5 N–H and O–H groups in total. The number of nitrogens with two attached hydrogens (primary N) is 2. The van der Waals surface area contributed by atoms with E-state index < -0.39 is 17.2 Å². The highest BCUT2D eigenvalue weighted by Crippen LogP contribution is 2.38. The van der Waals surface area contributed by atoms with E-state index in [1.807, 2.05) is 54.4 Å². The predicted octanol–water partition coefficient (Wildman–Crippen LogP) is 11.3. The van der Waals surface area contributed by atoms with Gasteiger partial charge in [-0.2, -0.15) is 10.2 Å². The molecule has 25 heteroatoms. The number of likely N-dealkylation sites (tertiary alicyclic amines) is 1. The second-order valence-corrected chi connectivity index (χ2v) is 21.6. The van der Waals surface area contributed by atoms with Gasteiger partial charge in [-0.05, 0) is 115 Å². The lowest BCUT2D eigenvalue weighted by atomic mass is 10.1. The smallest absolute Gasteiger partial charge is 0.410 e. The maximum atomic E-state index is 14.4. The van der Waals surface area contributed by atoms with E-state index in [0.717, 1.165) is 72.1 Å². The third kappa shape index (κ3) is 14.3. The Bertz CT molecular complexity index is 3980. The molecule has 10 aromatic rings. The second kappa shape index (κ2) is 26.1. The number of carbonyl (C=O) groups excluding carboxylic acids is 1. The van der Waals surface area contributed by atoms with Crippen molar-refractivity contribution >= 4 is 52.2 Å². The normalized spacial score (nSPS) is 15.1. The Labute approximate surface area is 499 Å². The van der Waals surface area contributed by atoms with E-state index in [0.29, 0.717) is 87.5 Å². The Hall–Kier alpha value is -9.68. The first-order valence-corrected chi connectivity index (χ1v) is 27.7. The molecule has 6 aromatic heterocycles. The topological polar surface area (TPSA) is 269 Å². The van der Waals surface area contributed by atoms with E-state index in [2.05, 4.69) is 45.2 Å². The van der Waals surface area contributed by atoms with Crippen LogP contribution in [-0.2, 0) is 18.0 Å². The van der Waals surface area contributed by atoms with E-state index in [9.17, 15) is 13.6 Å². The maximum Gasteiger partial charge on any atom is 0.410 e. The summed E-state index contributed by atoms with van der Waals surface area (Å²) in [6.45, 7) is 12.4. The summed E-state index contributed by atoms with van der Waals surface area (Å²) in [6.07, 6.45) is 12.9. The van der Waals surface area contributed by atoms with Gasteiger partial charge in [-0.1, -0.05) is 0 Å². The molecular formula is C61H63ClF2N16O6. The van der Waals surface area contributed by atoms with E-state index in [-0.39, 0.29) is 49.5 Å². The summed E-state index contributed by atoms with van der Waals surface area (Å²) in [5.74, 6) is 3.32. The quantitative estimate of drug-likeness (QED) is 0.0913. The number of nitrogen functional groups attached to an aromatic ring is 2. The van der Waals surface area contributed by atoms with Crippen molar-refractivity contribution in [2.45, 2.75) is 91.2 Å². The number of aryl methyl sites for hydroxylation is 2. The Morgan fingerprint density at radius 3 is 1.51 bits per heavy atom. The zero-order chi connectivity index (χ0) is 59.2. The fourth-order valence-electron chi connectivity index (χ4n) is 9.91. The molecule has 2 atom stereocenters. The van der Waals surface area contributed by atoms with Crippen LogP contribution in [0, 0.1) is 25.5 Å². The molecule has 86 heavy (non-hydrogen) atoms. The summed E-state index contributed by atoms with van der Waals surface area (Å²) < 4.78 is 61.5. The minimum Gasteiger partial charge on any atom is -0.489 e. The number of hydrogen-bond donors (Lipinski definition) is 3. The Kier molecular flexibility index (Phi) is 18.0. The lowest BCUT2D eigenvalue weighted by molar-refractivity contribution is 0.0169. The lowest BCUT2D eigenvalue weighted by Gasteiger charge is -2.34. The third-order valence-corrected chi connectivity index (χ3v) is 13.9. The number of piperidine rings is 2. The van der Waals surface area contributed by atoms with Gasteiger partial charge >= 0.3 is 6.09 Å². The molecule has 2 fully saturated rings. The molecule has 8 heterocycles. The first-order valence-electron chi connectivity index (χ1n) is 27.7. The van der Waals surface area contributed by atoms with Crippen LogP contribution in [0.25, 0.3) is 44.6 Å². The molecule has 2 saturated heterocycles. The van der Waals surface area contributed by atoms with Crippen molar-refractivity contribution in [3.05, 3.63) is 157 Å². The van der Waals surface area contributed by atoms with Crippen molar-refractivity contribution in [1.29, 1.82) is 0 Å². The number of hydrogen-bond acceptors (Lipinski definition) is 19. The highest BCUT2D eigenvalue weighted by atomic mass is 35.5. The SMILES string of the molecule is Cc1ncc(COc2cc(F)cc(Oc3ccc(-c4nn([C@@H]5CCCN(C(=O)OC(C)(C)C)C5)c5ncnc(N)c45)cc3)c2)cn1.Cc1ncc(COc2cc(F)cc(Oc3ccc(-c4nn([C@@H]5CCCNC5)c5ncnc(N)c45)cc3)c2)cn1.Cl. The van der Waals surface area contributed by atoms with Gasteiger partial charge in [-0.15, -0.1) is 12.4 Å². The minimum absolute atomic E-state index is 0. The third-order valence-electron chi connectivity index (χ3n) is 13.9. The number of rotatable bonds is 14. The average Bonchev–Trinajstić information content (AvgIpc) is 1.87. The highest BCUT2D eigenvalue weighted by molar-refractivity contribution is 5.99. The van der Waals surface area contributed by atoms with Gasteiger partial charge in [-0.3, -0.25) is 0 Å². The number of ether oxygens (including phenoxy) is 5. The Morgan fingerprint density at radius 1 is 0.605 bits per heavy atom. The van der Waals surface area contributed by atoms with Gasteiger partial charge in [0.05, 0.1) is 22.9 Å². The number of amides is 1. The monoisotopic (exact) mass is 1190 g/mol. The number of nitrogens with one attached hydrogen (secondary N) is 1. The van der Waals surface area contributed by atoms with Crippen LogP contribution in [0.3, 0.4) is 0 Å². The van der Waals surface area contributed by atoms with Crippen molar-refractivity contribution in [2.75, 3.05) is 37.6 Å². The molecular weight excluding hydrogens is 1130 g/mol. The van der Waals surface area contributed by atoms with Crippen molar-refractivity contribution in [1.82, 2.24) is 69.6 Å². The summed E-state index contributed by atoms with van der Waals surface area (Å²) in [6, 6.07) is 23.1. The summed E-state index contributed by atoms with van der Waals surface area (Å²) in [7, 11) is 0. The van der Waals surface area contributed by atoms with Crippen LogP contribution >= 0.6 is 12.4 Å². The number of nitrogens with zero attached hydrogens (tertiary/aromatic N) is 13. The largest absolute Gasteiger partial charge is 0.489 e. The van der Waals surface area contributed by atoms with Crippen LogP contribution in [0.2, 0.25) is 0 Å². The summed E-state index contributed by atoms with van der Waals surface area (Å²) >= 11 is 0. The number of aromatic nitrogens is 12. The standard InChI is InChI=1S/C33H35FN8O4.C28H27FN8O2.ClH/c1-20-36-15-21(16-37-20)18-44-26-12-23(34)13-27(14-26)45-25-9-7-22(8-10-25)29-28-30(35)38-19-39-31(28)42(40-29)24-6-5-11-41(17-24)32(43)46-33(2,3)4;1-17-32-12-18(13-33-17)15-38-23-9-20(29)10-24(11-23)39-22-6-4-19(5-7-22)26-25-27(30)34-16-35-28(25)37(36-26)21-3-2-8-31-14-21;/h7-10,12-16,19,24H,5-6,11,17-18H2,1-4H3,(H2,35,38,39);4-7,9-13,16,21,31H,2-3,8,14-15H2,1H3,(H2,30,34,35);1H/t24-;21-;/m11./s1. The van der Waals surface area contributed by atoms with E-state index in [1.165, 1.54) is 36.9 Å². The van der Waals surface area contributed by atoms with Crippen molar-refractivity contribution in [2.24, 2.45) is 0 Å². The van der Waals surface area contributed by atoms with Crippen LogP contribution < -0.4 is 35.7 Å². The van der Waals surface area contributed by atoms with Crippen LogP contribution in [0.1, 0.15) is 81.3 Å². The summed E-state index contributed by atoms with van der Waals surface area (Å²) in [5.41, 5.74) is 17.8. The molecule has 22 nitrogen and oxygen atoms in total. The molecule has 12 rings (SSSR count). The Balaban J connectivity index is 0.000000191. The van der Waals surface area contributed by atoms with E-state index in [1.54, 1.807) is 79.9 Å². The van der Waals surface area contributed by atoms with Gasteiger partial charge in [0.2, 0.25) is 0 Å². The molecule has 444 valence electrons. The maximum absolute atomic E-state index is 14.4.